The summed E-state index contributed by atoms with van der Waals surface area (Å²) in [5.74, 6) is -0.0131. The normalized spacial score (nSPS) is 13.0. The average molecular weight is 349 g/mol. The van der Waals surface area contributed by atoms with Crippen LogP contribution in [-0.4, -0.2) is 80.3 Å². The minimum Gasteiger partial charge on any atom is -0.279 e. The lowest BCUT2D eigenvalue weighted by atomic mass is 10.1. The maximum absolute atomic E-state index is 6.29. The van der Waals surface area contributed by atoms with Crippen molar-refractivity contribution in [1.29, 1.82) is 0 Å². The van der Waals surface area contributed by atoms with Gasteiger partial charge in [-0.3, -0.25) is 14.7 Å². The maximum atomic E-state index is 6.29. The van der Waals surface area contributed by atoms with E-state index in [-0.39, 0.29) is 5.79 Å². The quantitative estimate of drug-likeness (QED) is 0.268. The molecule has 0 bridgehead atoms. The predicted octanol–water partition coefficient (Wildman–Crippen LogP) is 3.92. The van der Waals surface area contributed by atoms with E-state index in [1.54, 1.807) is 0 Å². The van der Waals surface area contributed by atoms with Crippen molar-refractivity contribution in [3.8, 4) is 0 Å². The van der Waals surface area contributed by atoms with Crippen molar-refractivity contribution in [3.05, 3.63) is 0 Å². The molecule has 0 atom stereocenters. The first kappa shape index (κ1) is 23.1. The van der Waals surface area contributed by atoms with Crippen LogP contribution in [0.15, 0.2) is 0 Å². The van der Waals surface area contributed by atoms with Gasteiger partial charge in [-0.15, -0.1) is 0 Å². The summed E-state index contributed by atoms with van der Waals surface area (Å²) in [6, 6.07) is 0. The second-order valence-corrected chi connectivity index (χ2v) is 7.72. The molecule has 0 saturated carbocycles. The van der Waals surface area contributed by atoms with Crippen LogP contribution < -0.4 is 0 Å². The third kappa shape index (κ3) is 8.17. The molecular weight excluding hydrogens is 308 g/mol. The van der Waals surface area contributed by atoms with Gasteiger partial charge >= 0.3 is 0 Å². The van der Waals surface area contributed by atoms with Crippen molar-refractivity contribution in [3.63, 3.8) is 0 Å². The van der Waals surface area contributed by atoms with Crippen molar-refractivity contribution >= 4 is 11.8 Å². The van der Waals surface area contributed by atoms with E-state index in [4.69, 9.17) is 11.8 Å². The fraction of sp³-hybridized carbons (Fsp3) is 1.00. The largest absolute Gasteiger partial charge is 0.279 e. The molecule has 0 N–H and O–H groups in total. The van der Waals surface area contributed by atoms with Crippen LogP contribution >= 0.6 is 11.8 Å². The SMILES string of the molecule is CCCCCCN(Cl)CCCCCC(N(C)C)(N(C)C)N(C)C. The van der Waals surface area contributed by atoms with Gasteiger partial charge in [-0.2, -0.15) is 0 Å². The molecule has 0 fully saturated rings. The lowest BCUT2D eigenvalue weighted by molar-refractivity contribution is -0.115. The van der Waals surface area contributed by atoms with E-state index < -0.39 is 0 Å². The molecule has 0 unspecified atom stereocenters. The zero-order valence-corrected chi connectivity index (χ0v) is 17.5. The molecule has 140 valence electrons. The molecule has 0 rings (SSSR count). The number of nitrogens with zero attached hydrogens (tertiary/aromatic N) is 4. The third-order valence-electron chi connectivity index (χ3n) is 4.82. The topological polar surface area (TPSA) is 13.0 Å². The zero-order chi connectivity index (χ0) is 17.9. The summed E-state index contributed by atoms with van der Waals surface area (Å²) in [7, 11) is 13.0. The number of hydrogen-bond donors (Lipinski definition) is 0. The summed E-state index contributed by atoms with van der Waals surface area (Å²) in [4.78, 5) is 6.94. The molecule has 0 heterocycles. The van der Waals surface area contributed by atoms with E-state index in [9.17, 15) is 0 Å². The third-order valence-corrected chi connectivity index (χ3v) is 5.15. The summed E-state index contributed by atoms with van der Waals surface area (Å²) in [6.45, 7) is 4.28. The molecule has 0 radical (unpaired) electrons. The van der Waals surface area contributed by atoms with Gasteiger partial charge in [-0.1, -0.05) is 32.6 Å². The Labute approximate surface area is 150 Å². The monoisotopic (exact) mass is 348 g/mol. The summed E-state index contributed by atoms with van der Waals surface area (Å²) >= 11 is 6.29. The van der Waals surface area contributed by atoms with Crippen LogP contribution in [0.4, 0.5) is 0 Å². The van der Waals surface area contributed by atoms with Crippen LogP contribution in [0.2, 0.25) is 0 Å². The molecule has 0 saturated heterocycles. The molecule has 0 aliphatic rings. The van der Waals surface area contributed by atoms with Crippen LogP contribution in [0.1, 0.15) is 58.3 Å². The van der Waals surface area contributed by atoms with Gasteiger partial charge in [0.15, 0.2) is 0 Å². The molecule has 0 aromatic carbocycles. The number of rotatable bonds is 14. The summed E-state index contributed by atoms with van der Waals surface area (Å²) in [5.41, 5.74) is 0. The number of halogens is 1. The van der Waals surface area contributed by atoms with Crippen LogP contribution in [0.3, 0.4) is 0 Å². The van der Waals surface area contributed by atoms with E-state index in [1.807, 2.05) is 4.42 Å². The Morgan fingerprint density at radius 2 is 1.09 bits per heavy atom. The van der Waals surface area contributed by atoms with E-state index in [1.165, 1.54) is 44.9 Å². The molecule has 0 aromatic rings. The first-order valence-corrected chi connectivity index (χ1v) is 9.55. The molecule has 0 aliphatic carbocycles. The van der Waals surface area contributed by atoms with E-state index >= 15 is 0 Å². The van der Waals surface area contributed by atoms with Crippen molar-refractivity contribution in [2.75, 3.05) is 55.4 Å². The summed E-state index contributed by atoms with van der Waals surface area (Å²) in [5, 5.41) is 0. The van der Waals surface area contributed by atoms with Crippen molar-refractivity contribution in [2.24, 2.45) is 0 Å². The highest BCUT2D eigenvalue weighted by atomic mass is 35.5. The van der Waals surface area contributed by atoms with E-state index in [0.29, 0.717) is 0 Å². The first-order valence-electron chi connectivity index (χ1n) is 9.22. The Morgan fingerprint density at radius 3 is 1.48 bits per heavy atom. The Morgan fingerprint density at radius 1 is 0.652 bits per heavy atom. The molecule has 0 aliphatic heterocycles. The Kier molecular flexibility index (Phi) is 12.6. The Hall–Kier alpha value is 0.130. The minimum absolute atomic E-state index is 0.0131. The first-order chi connectivity index (χ1) is 10.8. The van der Waals surface area contributed by atoms with Crippen molar-refractivity contribution < 1.29 is 0 Å². The van der Waals surface area contributed by atoms with Crippen LogP contribution in [0.5, 0.6) is 0 Å². The molecule has 0 spiro atoms. The second-order valence-electron chi connectivity index (χ2n) is 7.24. The number of hydrogen-bond acceptors (Lipinski definition) is 4. The predicted molar refractivity (Wildman–Crippen MR) is 104 cm³/mol. The second kappa shape index (κ2) is 12.5. The Balaban J connectivity index is 4.03. The van der Waals surface area contributed by atoms with Gasteiger partial charge in [-0.05, 0) is 79.7 Å². The molecule has 5 heteroatoms. The van der Waals surface area contributed by atoms with Crippen LogP contribution in [0.25, 0.3) is 0 Å². The molecule has 4 nitrogen and oxygen atoms in total. The van der Waals surface area contributed by atoms with Gasteiger partial charge in [-0.25, -0.2) is 4.42 Å². The smallest absolute Gasteiger partial charge is 0.129 e. The molecule has 0 aromatic heterocycles. The lowest BCUT2D eigenvalue weighted by Crippen LogP contribution is -2.63. The highest BCUT2D eigenvalue weighted by Crippen LogP contribution is 2.25. The minimum atomic E-state index is -0.0131. The average Bonchev–Trinajstić information content (AvgIpc) is 2.46. The van der Waals surface area contributed by atoms with Crippen LogP contribution in [-0.2, 0) is 0 Å². The van der Waals surface area contributed by atoms with Gasteiger partial charge in [0.1, 0.15) is 5.79 Å². The zero-order valence-electron chi connectivity index (χ0n) is 16.7. The van der Waals surface area contributed by atoms with E-state index in [2.05, 4.69) is 63.9 Å². The molecular formula is C18H41ClN4. The highest BCUT2D eigenvalue weighted by Gasteiger charge is 2.36. The standard InChI is InChI=1S/C18H41ClN4/c1-8-9-10-13-16-23(19)17-14-11-12-15-18(20(2)3,21(4)5)22(6)7/h8-17H2,1-7H3. The summed E-state index contributed by atoms with van der Waals surface area (Å²) in [6.07, 6.45) is 9.91. The lowest BCUT2D eigenvalue weighted by Gasteiger charge is -2.50. The maximum Gasteiger partial charge on any atom is 0.129 e. The summed E-state index contributed by atoms with van der Waals surface area (Å²) < 4.78 is 1.98. The molecule has 0 amide bonds. The van der Waals surface area contributed by atoms with Crippen molar-refractivity contribution in [1.82, 2.24) is 19.1 Å². The van der Waals surface area contributed by atoms with Gasteiger partial charge in [0, 0.05) is 13.1 Å². The number of unbranched alkanes of at least 4 members (excludes halogenated alkanes) is 5. The Bertz CT molecular complexity index is 260. The van der Waals surface area contributed by atoms with Gasteiger partial charge in [0.25, 0.3) is 0 Å². The van der Waals surface area contributed by atoms with E-state index in [0.717, 1.165) is 19.5 Å². The van der Waals surface area contributed by atoms with Crippen LogP contribution in [0, 0.1) is 0 Å². The molecule has 23 heavy (non-hydrogen) atoms. The van der Waals surface area contributed by atoms with Gasteiger partial charge < -0.3 is 0 Å². The highest BCUT2D eigenvalue weighted by molar-refractivity contribution is 6.13. The van der Waals surface area contributed by atoms with Gasteiger partial charge in [0.2, 0.25) is 0 Å². The fourth-order valence-electron chi connectivity index (χ4n) is 3.52. The van der Waals surface area contributed by atoms with Gasteiger partial charge in [0.05, 0.1) is 0 Å². The van der Waals surface area contributed by atoms with Crippen molar-refractivity contribution in [2.45, 2.75) is 64.1 Å². The fourth-order valence-corrected chi connectivity index (χ4v) is 3.75.